The average Bonchev–Trinajstić information content (AvgIpc) is 2.46. The second-order valence-electron chi connectivity index (χ2n) is 4.10. The quantitative estimate of drug-likeness (QED) is 0.703. The van der Waals surface area contributed by atoms with Crippen molar-refractivity contribution < 1.29 is 0 Å². The van der Waals surface area contributed by atoms with Crippen LogP contribution in [0.25, 0.3) is 0 Å². The number of anilines is 2. The van der Waals surface area contributed by atoms with Crippen molar-refractivity contribution in [3.63, 3.8) is 0 Å². The van der Waals surface area contributed by atoms with Crippen LogP contribution in [0.2, 0.25) is 0 Å². The Labute approximate surface area is 129 Å². The van der Waals surface area contributed by atoms with Gasteiger partial charge in [0.2, 0.25) is 0 Å². The standard InChI is InChI=1S/C15H12Br2N2/c1-19(15-5-3-2-4-12(15)10-18)13-7-6-11(9-16)14(17)8-13/h2-8H,9H2,1H3. The SMILES string of the molecule is CN(c1ccc(CBr)c(Br)c1)c1ccccc1C#N. The molecule has 0 amide bonds. The zero-order valence-corrected chi connectivity index (χ0v) is 13.6. The first kappa shape index (κ1) is 14.1. The third kappa shape index (κ3) is 2.99. The van der Waals surface area contributed by atoms with Crippen LogP contribution in [-0.2, 0) is 5.33 Å². The van der Waals surface area contributed by atoms with Crippen molar-refractivity contribution in [2.24, 2.45) is 0 Å². The highest BCUT2D eigenvalue weighted by Gasteiger charge is 2.10. The lowest BCUT2D eigenvalue weighted by Gasteiger charge is -2.21. The predicted molar refractivity (Wildman–Crippen MR) is 86.0 cm³/mol. The second kappa shape index (κ2) is 6.23. The van der Waals surface area contributed by atoms with Gasteiger partial charge in [-0.2, -0.15) is 5.26 Å². The Morgan fingerprint density at radius 3 is 2.58 bits per heavy atom. The van der Waals surface area contributed by atoms with E-state index in [1.807, 2.05) is 36.2 Å². The fourth-order valence-electron chi connectivity index (χ4n) is 1.85. The van der Waals surface area contributed by atoms with Crippen LogP contribution >= 0.6 is 31.9 Å². The number of alkyl halides is 1. The maximum Gasteiger partial charge on any atom is 0.101 e. The van der Waals surface area contributed by atoms with Crippen LogP contribution in [0.15, 0.2) is 46.9 Å². The molecule has 0 unspecified atom stereocenters. The van der Waals surface area contributed by atoms with Gasteiger partial charge >= 0.3 is 0 Å². The van der Waals surface area contributed by atoms with Gasteiger partial charge in [0.05, 0.1) is 11.3 Å². The van der Waals surface area contributed by atoms with Crippen molar-refractivity contribution in [2.45, 2.75) is 5.33 Å². The Kier molecular flexibility index (Phi) is 4.62. The van der Waals surface area contributed by atoms with E-state index in [9.17, 15) is 0 Å². The van der Waals surface area contributed by atoms with Crippen molar-refractivity contribution in [3.8, 4) is 6.07 Å². The summed E-state index contributed by atoms with van der Waals surface area (Å²) < 4.78 is 1.06. The fourth-order valence-corrected chi connectivity index (χ4v) is 3.23. The number of para-hydroxylation sites is 1. The first-order chi connectivity index (χ1) is 9.17. The summed E-state index contributed by atoms with van der Waals surface area (Å²) in [5.74, 6) is 0. The molecule has 0 radical (unpaired) electrons. The molecule has 0 heterocycles. The molecule has 0 aliphatic rings. The van der Waals surface area contributed by atoms with E-state index in [0.717, 1.165) is 21.2 Å². The van der Waals surface area contributed by atoms with Crippen LogP contribution in [0.3, 0.4) is 0 Å². The van der Waals surface area contributed by atoms with Crippen molar-refractivity contribution in [1.82, 2.24) is 0 Å². The van der Waals surface area contributed by atoms with Crippen LogP contribution in [0.1, 0.15) is 11.1 Å². The van der Waals surface area contributed by atoms with E-state index < -0.39 is 0 Å². The highest BCUT2D eigenvalue weighted by atomic mass is 79.9. The van der Waals surface area contributed by atoms with Crippen molar-refractivity contribution in [1.29, 1.82) is 5.26 Å². The molecule has 0 saturated carbocycles. The van der Waals surface area contributed by atoms with Gasteiger partial charge in [-0.1, -0.05) is 50.1 Å². The molecule has 4 heteroatoms. The second-order valence-corrected chi connectivity index (χ2v) is 5.51. The summed E-state index contributed by atoms with van der Waals surface area (Å²) in [6.07, 6.45) is 0. The number of hydrogen-bond donors (Lipinski definition) is 0. The van der Waals surface area contributed by atoms with Crippen molar-refractivity contribution in [2.75, 3.05) is 11.9 Å². The number of halogens is 2. The minimum Gasteiger partial charge on any atom is -0.344 e. The zero-order chi connectivity index (χ0) is 13.8. The van der Waals surface area contributed by atoms with Crippen LogP contribution in [-0.4, -0.2) is 7.05 Å². The first-order valence-corrected chi connectivity index (χ1v) is 7.66. The molecule has 0 spiro atoms. The lowest BCUT2D eigenvalue weighted by atomic mass is 10.1. The normalized spacial score (nSPS) is 10.0. The van der Waals surface area contributed by atoms with E-state index in [1.54, 1.807) is 0 Å². The molecule has 0 atom stereocenters. The topological polar surface area (TPSA) is 27.0 Å². The lowest BCUT2D eigenvalue weighted by molar-refractivity contribution is 1.19. The van der Waals surface area contributed by atoms with Gasteiger partial charge in [0.15, 0.2) is 0 Å². The highest BCUT2D eigenvalue weighted by Crippen LogP contribution is 2.30. The molecule has 0 saturated heterocycles. The van der Waals surface area contributed by atoms with E-state index in [0.29, 0.717) is 5.56 Å². The molecular weight excluding hydrogens is 368 g/mol. The molecule has 0 fully saturated rings. The molecule has 2 aromatic rings. The summed E-state index contributed by atoms with van der Waals surface area (Å²) in [7, 11) is 1.96. The minimum atomic E-state index is 0.672. The van der Waals surface area contributed by atoms with Gasteiger partial charge in [0.1, 0.15) is 6.07 Å². The summed E-state index contributed by atoms with van der Waals surface area (Å²) in [5.41, 5.74) is 3.82. The van der Waals surface area contributed by atoms with Gasteiger partial charge < -0.3 is 4.90 Å². The number of nitriles is 1. The summed E-state index contributed by atoms with van der Waals surface area (Å²) in [5, 5.41) is 9.97. The monoisotopic (exact) mass is 378 g/mol. The third-order valence-electron chi connectivity index (χ3n) is 2.95. The van der Waals surface area contributed by atoms with Gasteiger partial charge in [0.25, 0.3) is 0 Å². The average molecular weight is 380 g/mol. The summed E-state index contributed by atoms with van der Waals surface area (Å²) in [6, 6.07) is 16.0. The Balaban J connectivity index is 2.42. The van der Waals surface area contributed by atoms with Gasteiger partial charge in [-0.25, -0.2) is 0 Å². The fraction of sp³-hybridized carbons (Fsp3) is 0.133. The molecule has 0 N–H and O–H groups in total. The Hall–Kier alpha value is -1.31. The van der Waals surface area contributed by atoms with Crippen LogP contribution in [0, 0.1) is 11.3 Å². The molecule has 96 valence electrons. The number of benzene rings is 2. The first-order valence-electron chi connectivity index (χ1n) is 5.74. The van der Waals surface area contributed by atoms with Gasteiger partial charge in [-0.15, -0.1) is 0 Å². The van der Waals surface area contributed by atoms with E-state index >= 15 is 0 Å². The molecule has 2 rings (SSSR count). The largest absolute Gasteiger partial charge is 0.344 e. The number of rotatable bonds is 3. The van der Waals surface area contributed by atoms with Gasteiger partial charge in [0, 0.05) is 22.5 Å². The summed E-state index contributed by atoms with van der Waals surface area (Å²) in [4.78, 5) is 2.02. The maximum absolute atomic E-state index is 9.16. The summed E-state index contributed by atoms with van der Waals surface area (Å²) >= 11 is 7.01. The maximum atomic E-state index is 9.16. The molecule has 2 nitrogen and oxygen atoms in total. The van der Waals surface area contributed by atoms with Gasteiger partial charge in [-0.3, -0.25) is 0 Å². The van der Waals surface area contributed by atoms with E-state index in [-0.39, 0.29) is 0 Å². The molecule has 19 heavy (non-hydrogen) atoms. The Bertz CT molecular complexity index is 632. The van der Waals surface area contributed by atoms with Crippen LogP contribution in [0.5, 0.6) is 0 Å². The number of nitrogens with zero attached hydrogens (tertiary/aromatic N) is 2. The van der Waals surface area contributed by atoms with Gasteiger partial charge in [-0.05, 0) is 29.8 Å². The molecule has 0 aliphatic carbocycles. The van der Waals surface area contributed by atoms with Crippen molar-refractivity contribution in [3.05, 3.63) is 58.1 Å². The Morgan fingerprint density at radius 2 is 1.95 bits per heavy atom. The zero-order valence-electron chi connectivity index (χ0n) is 10.4. The minimum absolute atomic E-state index is 0.672. The number of hydrogen-bond acceptors (Lipinski definition) is 2. The highest BCUT2D eigenvalue weighted by molar-refractivity contribution is 9.10. The van der Waals surface area contributed by atoms with E-state index in [2.05, 4.69) is 56.1 Å². The Morgan fingerprint density at radius 1 is 1.21 bits per heavy atom. The molecule has 2 aromatic carbocycles. The van der Waals surface area contributed by atoms with Crippen LogP contribution in [0.4, 0.5) is 11.4 Å². The third-order valence-corrected chi connectivity index (χ3v) is 4.30. The van der Waals surface area contributed by atoms with Crippen molar-refractivity contribution >= 4 is 43.2 Å². The van der Waals surface area contributed by atoms with E-state index in [4.69, 9.17) is 5.26 Å². The lowest BCUT2D eigenvalue weighted by Crippen LogP contribution is -2.11. The smallest absolute Gasteiger partial charge is 0.101 e. The molecule has 0 aliphatic heterocycles. The summed E-state index contributed by atoms with van der Waals surface area (Å²) in [6.45, 7) is 0. The van der Waals surface area contributed by atoms with E-state index in [1.165, 1.54) is 5.56 Å². The molecule has 0 aromatic heterocycles. The molecular formula is C15H12Br2N2. The predicted octanol–water partition coefficient (Wildman–Crippen LogP) is 4.98. The molecule has 0 bridgehead atoms. The van der Waals surface area contributed by atoms with Crippen LogP contribution < -0.4 is 4.90 Å².